The summed E-state index contributed by atoms with van der Waals surface area (Å²) in [6.45, 7) is 0.712. The number of hydrogen-bond donors (Lipinski definition) is 1. The van der Waals surface area contributed by atoms with Gasteiger partial charge in [0, 0.05) is 6.42 Å². The Hall–Kier alpha value is -0.230. The second-order valence-electron chi connectivity index (χ2n) is 1.10. The van der Waals surface area contributed by atoms with Gasteiger partial charge in [-0.1, -0.05) is 0 Å². The quantitative estimate of drug-likeness (QED) is 0.421. The third kappa shape index (κ3) is 17.1. The van der Waals surface area contributed by atoms with Crippen molar-refractivity contribution in [3.05, 3.63) is 0 Å². The number of nitrogens with two attached hydrogens (primary N) is 1. The largest absolute Gasteiger partial charge is 0.412 e. The van der Waals surface area contributed by atoms with E-state index in [-0.39, 0.29) is 17.9 Å². The lowest BCUT2D eigenvalue weighted by atomic mass is 10.3. The van der Waals surface area contributed by atoms with Crippen LogP contribution in [0.5, 0.6) is 0 Å². The molecule has 2 nitrogen and oxygen atoms in total. The topological polar surface area (TPSA) is 57.5 Å². The molecule has 0 unspecified atom stereocenters. The Balaban J connectivity index is -0.000000125. The molecule has 0 bridgehead atoms. The molecule has 4 N–H and O–H groups in total. The fraction of sp³-hybridized carbons (Fsp3) is 0.600. The Morgan fingerprint density at radius 1 is 1.50 bits per heavy atom. The van der Waals surface area contributed by atoms with Crippen molar-refractivity contribution >= 4 is 12.4 Å². The van der Waals surface area contributed by atoms with E-state index in [0.29, 0.717) is 6.54 Å². The molecule has 0 aromatic carbocycles. The Morgan fingerprint density at radius 3 is 2.12 bits per heavy atom. The number of rotatable bonds is 2. The molecule has 8 heavy (non-hydrogen) atoms. The second-order valence-corrected chi connectivity index (χ2v) is 1.10. The maximum absolute atomic E-state index is 5.12. The zero-order chi connectivity index (χ0) is 4.83. The Bertz CT molecular complexity index is 59.9. The normalized spacial score (nSPS) is 5.50. The molecule has 0 atom stereocenters. The fourth-order valence-corrected chi connectivity index (χ4v) is 0.204. The standard InChI is InChI=1S/C5H9N.ClH.H2O/c1-2-3-4-5-6;;/h1H,3-6H2;1H;1H2. The molecule has 0 spiro atoms. The summed E-state index contributed by atoms with van der Waals surface area (Å²) in [6.07, 6.45) is 6.68. The highest BCUT2D eigenvalue weighted by Gasteiger charge is 1.71. The summed E-state index contributed by atoms with van der Waals surface area (Å²) in [4.78, 5) is 0. The zero-order valence-corrected chi connectivity index (χ0v) is 5.50. The van der Waals surface area contributed by atoms with Crippen LogP contribution in [0, 0.1) is 12.3 Å². The van der Waals surface area contributed by atoms with Crippen LogP contribution < -0.4 is 5.73 Å². The van der Waals surface area contributed by atoms with Gasteiger partial charge in [-0.2, -0.15) is 0 Å². The van der Waals surface area contributed by atoms with Gasteiger partial charge in [0.2, 0.25) is 0 Å². The van der Waals surface area contributed by atoms with Crippen molar-refractivity contribution < 1.29 is 5.48 Å². The van der Waals surface area contributed by atoms with Crippen molar-refractivity contribution in [1.29, 1.82) is 0 Å². The Labute approximate surface area is 56.2 Å². The molecule has 50 valence electrons. The predicted molar refractivity (Wildman–Crippen MR) is 38.0 cm³/mol. The van der Waals surface area contributed by atoms with Crippen molar-refractivity contribution in [2.45, 2.75) is 12.8 Å². The van der Waals surface area contributed by atoms with Gasteiger partial charge in [-0.3, -0.25) is 0 Å². The average molecular weight is 138 g/mol. The van der Waals surface area contributed by atoms with Crippen molar-refractivity contribution in [2.75, 3.05) is 6.54 Å². The van der Waals surface area contributed by atoms with Gasteiger partial charge in [0.15, 0.2) is 0 Å². The molecule has 0 rings (SSSR count). The number of terminal acetylenes is 1. The molecule has 0 aliphatic heterocycles. The first-order valence-electron chi connectivity index (χ1n) is 2.05. The SMILES string of the molecule is C#CCCCN.Cl.O. The van der Waals surface area contributed by atoms with E-state index < -0.39 is 0 Å². The first-order valence-corrected chi connectivity index (χ1v) is 2.05. The summed E-state index contributed by atoms with van der Waals surface area (Å²) in [7, 11) is 0. The molecule has 0 radical (unpaired) electrons. The van der Waals surface area contributed by atoms with Crippen molar-refractivity contribution in [2.24, 2.45) is 5.73 Å². The van der Waals surface area contributed by atoms with Crippen LogP contribution in [0.4, 0.5) is 0 Å². The van der Waals surface area contributed by atoms with E-state index in [1.54, 1.807) is 0 Å². The molecule has 0 saturated heterocycles. The van der Waals surface area contributed by atoms with Crippen molar-refractivity contribution in [3.8, 4) is 12.3 Å². The third-order valence-electron chi connectivity index (χ3n) is 0.525. The molecule has 0 fully saturated rings. The van der Waals surface area contributed by atoms with Crippen LogP contribution in [0.2, 0.25) is 0 Å². The summed E-state index contributed by atoms with van der Waals surface area (Å²) < 4.78 is 0. The first kappa shape index (κ1) is 15.7. The third-order valence-corrected chi connectivity index (χ3v) is 0.525. The summed E-state index contributed by atoms with van der Waals surface area (Å²) in [5, 5.41) is 0. The molecule has 0 amide bonds. The van der Waals surface area contributed by atoms with Gasteiger partial charge in [0.1, 0.15) is 0 Å². The number of halogens is 1. The van der Waals surface area contributed by atoms with E-state index in [1.165, 1.54) is 0 Å². The number of unbranched alkanes of at least 4 members (excludes halogenated alkanes) is 1. The molecule has 3 heteroatoms. The van der Waals surface area contributed by atoms with Crippen molar-refractivity contribution in [1.82, 2.24) is 0 Å². The average Bonchev–Trinajstić information content (AvgIpc) is 1.61. The number of hydrogen-bond acceptors (Lipinski definition) is 1. The van der Waals surface area contributed by atoms with Crippen molar-refractivity contribution in [3.63, 3.8) is 0 Å². The summed E-state index contributed by atoms with van der Waals surface area (Å²) in [6, 6.07) is 0. The first-order chi connectivity index (χ1) is 2.91. The second kappa shape index (κ2) is 15.9. The highest BCUT2D eigenvalue weighted by Crippen LogP contribution is 1.77. The molecular weight excluding hydrogens is 126 g/mol. The van der Waals surface area contributed by atoms with Gasteiger partial charge in [-0.25, -0.2) is 0 Å². The van der Waals surface area contributed by atoms with Gasteiger partial charge >= 0.3 is 0 Å². The highest BCUT2D eigenvalue weighted by atomic mass is 35.5. The van der Waals surface area contributed by atoms with Gasteiger partial charge in [0.25, 0.3) is 0 Å². The molecule has 0 saturated carbocycles. The molecule has 0 aromatic heterocycles. The fourth-order valence-electron chi connectivity index (χ4n) is 0.204. The highest BCUT2D eigenvalue weighted by molar-refractivity contribution is 5.85. The smallest absolute Gasteiger partial charge is 0.00980 e. The maximum atomic E-state index is 5.12. The maximum Gasteiger partial charge on any atom is 0.00980 e. The van der Waals surface area contributed by atoms with E-state index in [2.05, 4.69) is 5.92 Å². The predicted octanol–water partition coefficient (Wildman–Crippen LogP) is -0.0444. The van der Waals surface area contributed by atoms with Crippen LogP contribution in [0.1, 0.15) is 12.8 Å². The van der Waals surface area contributed by atoms with Gasteiger partial charge in [0.05, 0.1) is 0 Å². The Morgan fingerprint density at radius 2 is 2.00 bits per heavy atom. The van der Waals surface area contributed by atoms with Crippen LogP contribution in [0.3, 0.4) is 0 Å². The van der Waals surface area contributed by atoms with Gasteiger partial charge in [-0.05, 0) is 13.0 Å². The monoisotopic (exact) mass is 137 g/mol. The molecular formula is C5H12ClNO. The minimum atomic E-state index is 0. The molecule has 0 aliphatic carbocycles. The van der Waals surface area contributed by atoms with Crippen LogP contribution in [0.25, 0.3) is 0 Å². The zero-order valence-electron chi connectivity index (χ0n) is 4.68. The lowest BCUT2D eigenvalue weighted by Crippen LogP contribution is -1.96. The molecule has 0 heterocycles. The van der Waals surface area contributed by atoms with Gasteiger partial charge in [-0.15, -0.1) is 24.8 Å². The summed E-state index contributed by atoms with van der Waals surface area (Å²) in [5.41, 5.74) is 5.12. The van der Waals surface area contributed by atoms with Crippen LogP contribution in [0.15, 0.2) is 0 Å². The summed E-state index contributed by atoms with van der Waals surface area (Å²) >= 11 is 0. The minimum Gasteiger partial charge on any atom is -0.412 e. The van der Waals surface area contributed by atoms with E-state index >= 15 is 0 Å². The minimum absolute atomic E-state index is 0. The van der Waals surface area contributed by atoms with E-state index in [4.69, 9.17) is 12.2 Å². The van der Waals surface area contributed by atoms with Gasteiger partial charge < -0.3 is 11.2 Å². The van der Waals surface area contributed by atoms with Crippen LogP contribution >= 0.6 is 12.4 Å². The van der Waals surface area contributed by atoms with E-state index in [0.717, 1.165) is 12.8 Å². The van der Waals surface area contributed by atoms with E-state index in [1.807, 2.05) is 0 Å². The summed E-state index contributed by atoms with van der Waals surface area (Å²) in [5.74, 6) is 2.49. The molecule has 0 aliphatic rings. The molecule has 0 aromatic rings. The van der Waals surface area contributed by atoms with Crippen LogP contribution in [-0.4, -0.2) is 12.0 Å². The van der Waals surface area contributed by atoms with Crippen LogP contribution in [-0.2, 0) is 0 Å². The Kier molecular flexibility index (Phi) is 31.0. The van der Waals surface area contributed by atoms with E-state index in [9.17, 15) is 0 Å². The lowest BCUT2D eigenvalue weighted by molar-refractivity contribution is 0.824. The lowest BCUT2D eigenvalue weighted by Gasteiger charge is -1.80.